The molecule has 4 rings (SSSR count). The molecule has 1 N–H and O–H groups in total. The number of benzene rings is 1. The molecule has 0 aromatic heterocycles. The number of piperazine rings is 1. The molecule has 1 aromatic rings. The Bertz CT molecular complexity index is 637. The number of rotatable bonds is 3. The van der Waals surface area contributed by atoms with Crippen LogP contribution in [0.1, 0.15) is 25.8 Å². The van der Waals surface area contributed by atoms with Gasteiger partial charge in [-0.1, -0.05) is 44.2 Å². The Kier molecular flexibility index (Phi) is 4.93. The summed E-state index contributed by atoms with van der Waals surface area (Å²) in [6, 6.07) is 11.2. The van der Waals surface area contributed by atoms with Crippen LogP contribution in [0.4, 0.5) is 0 Å². The van der Waals surface area contributed by atoms with Gasteiger partial charge in [0.05, 0.1) is 6.10 Å². The quantitative estimate of drug-likeness (QED) is 0.666. The molecular formula is C21H32N4O. The number of nitrogens with zero attached hydrogens (tertiary/aromatic N) is 3. The van der Waals surface area contributed by atoms with Crippen molar-refractivity contribution in [3.8, 4) is 0 Å². The average molecular weight is 357 g/mol. The van der Waals surface area contributed by atoms with Gasteiger partial charge in [0, 0.05) is 63.8 Å². The highest BCUT2D eigenvalue weighted by atomic mass is 16.5. The molecule has 3 atom stereocenters. The van der Waals surface area contributed by atoms with E-state index in [0.29, 0.717) is 18.1 Å². The van der Waals surface area contributed by atoms with Crippen LogP contribution in [0.5, 0.6) is 0 Å². The fraction of sp³-hybridized carbons (Fsp3) is 0.667. The van der Waals surface area contributed by atoms with Gasteiger partial charge in [0.25, 0.3) is 0 Å². The van der Waals surface area contributed by atoms with Crippen molar-refractivity contribution in [1.82, 2.24) is 15.1 Å². The largest absolute Gasteiger partial charge is 0.377 e. The van der Waals surface area contributed by atoms with E-state index in [0.717, 1.165) is 45.3 Å². The number of nitrogens with one attached hydrogen (secondary N) is 1. The van der Waals surface area contributed by atoms with Gasteiger partial charge in [-0.3, -0.25) is 9.89 Å². The highest BCUT2D eigenvalue weighted by Gasteiger charge is 2.59. The molecule has 3 aliphatic rings. The zero-order chi connectivity index (χ0) is 18.1. The number of aliphatic imine (C=N–C) groups is 1. The van der Waals surface area contributed by atoms with Gasteiger partial charge in [-0.15, -0.1) is 0 Å². The lowest BCUT2D eigenvalue weighted by Crippen LogP contribution is -2.68. The average Bonchev–Trinajstić information content (AvgIpc) is 3.11. The van der Waals surface area contributed by atoms with Crippen molar-refractivity contribution in [1.29, 1.82) is 0 Å². The maximum atomic E-state index is 5.93. The second kappa shape index (κ2) is 7.20. The minimum Gasteiger partial charge on any atom is -0.377 e. The SMILES string of the molecule is CN=C(NC1C2CCOC2C1(C)C)N1CCN(Cc2ccccc2)CC1. The van der Waals surface area contributed by atoms with Crippen molar-refractivity contribution in [2.75, 3.05) is 39.8 Å². The lowest BCUT2D eigenvalue weighted by molar-refractivity contribution is -0.107. The van der Waals surface area contributed by atoms with Crippen molar-refractivity contribution >= 4 is 5.96 Å². The van der Waals surface area contributed by atoms with Gasteiger partial charge >= 0.3 is 0 Å². The zero-order valence-corrected chi connectivity index (χ0v) is 16.3. The monoisotopic (exact) mass is 356 g/mol. The van der Waals surface area contributed by atoms with Crippen molar-refractivity contribution in [2.45, 2.75) is 39.0 Å². The Hall–Kier alpha value is -1.59. The van der Waals surface area contributed by atoms with Gasteiger partial charge in [0.2, 0.25) is 0 Å². The fourth-order valence-electron chi connectivity index (χ4n) is 5.01. The van der Waals surface area contributed by atoms with Gasteiger partial charge in [-0.25, -0.2) is 0 Å². The summed E-state index contributed by atoms with van der Waals surface area (Å²) < 4.78 is 5.93. The van der Waals surface area contributed by atoms with Crippen LogP contribution in [0.15, 0.2) is 35.3 Å². The minimum atomic E-state index is 0.187. The molecule has 0 bridgehead atoms. The van der Waals surface area contributed by atoms with Crippen molar-refractivity contribution < 1.29 is 4.74 Å². The van der Waals surface area contributed by atoms with Crippen molar-refractivity contribution in [2.24, 2.45) is 16.3 Å². The van der Waals surface area contributed by atoms with E-state index >= 15 is 0 Å². The van der Waals surface area contributed by atoms with Gasteiger partial charge in [-0.05, 0) is 12.0 Å². The summed E-state index contributed by atoms with van der Waals surface area (Å²) in [7, 11) is 1.91. The molecule has 26 heavy (non-hydrogen) atoms. The first kappa shape index (κ1) is 17.8. The van der Waals surface area contributed by atoms with Crippen LogP contribution >= 0.6 is 0 Å². The summed E-state index contributed by atoms with van der Waals surface area (Å²) in [5.74, 6) is 1.70. The fourth-order valence-corrected chi connectivity index (χ4v) is 5.01. The van der Waals surface area contributed by atoms with E-state index in [2.05, 4.69) is 64.3 Å². The lowest BCUT2D eigenvalue weighted by atomic mass is 9.57. The first-order valence-electron chi connectivity index (χ1n) is 9.96. The third-order valence-corrected chi connectivity index (χ3v) is 6.52. The number of fused-ring (bicyclic) bond motifs is 1. The van der Waals surface area contributed by atoms with Crippen LogP contribution in [0, 0.1) is 11.3 Å². The summed E-state index contributed by atoms with van der Waals surface area (Å²) in [6.45, 7) is 10.8. The molecular weight excluding hydrogens is 324 g/mol. The van der Waals surface area contributed by atoms with Gasteiger partial charge in [0.15, 0.2) is 5.96 Å². The minimum absolute atomic E-state index is 0.187. The van der Waals surface area contributed by atoms with Crippen molar-refractivity contribution in [3.63, 3.8) is 0 Å². The van der Waals surface area contributed by atoms with E-state index in [1.807, 2.05) is 7.05 Å². The second-order valence-corrected chi connectivity index (χ2v) is 8.48. The van der Waals surface area contributed by atoms with E-state index in [1.54, 1.807) is 0 Å². The van der Waals surface area contributed by atoms with E-state index < -0.39 is 0 Å². The van der Waals surface area contributed by atoms with Gasteiger partial charge in [0.1, 0.15) is 0 Å². The topological polar surface area (TPSA) is 40.1 Å². The normalized spacial score (nSPS) is 31.4. The first-order chi connectivity index (χ1) is 12.6. The number of ether oxygens (including phenoxy) is 1. The molecule has 0 spiro atoms. The Morgan fingerprint density at radius 1 is 1.19 bits per heavy atom. The molecule has 3 fully saturated rings. The van der Waals surface area contributed by atoms with E-state index in [1.165, 1.54) is 12.0 Å². The summed E-state index contributed by atoms with van der Waals surface area (Å²) in [4.78, 5) is 9.55. The second-order valence-electron chi connectivity index (χ2n) is 8.48. The Morgan fingerprint density at radius 2 is 1.92 bits per heavy atom. The van der Waals surface area contributed by atoms with Crippen LogP contribution in [-0.2, 0) is 11.3 Å². The summed E-state index contributed by atoms with van der Waals surface area (Å²) in [5.41, 5.74) is 1.58. The lowest BCUT2D eigenvalue weighted by Gasteiger charge is -2.55. The van der Waals surface area contributed by atoms with Crippen LogP contribution in [-0.4, -0.2) is 67.7 Å². The molecule has 1 saturated carbocycles. The Balaban J connectivity index is 1.32. The smallest absolute Gasteiger partial charge is 0.193 e. The maximum absolute atomic E-state index is 5.93. The first-order valence-corrected chi connectivity index (χ1v) is 9.96. The molecule has 2 heterocycles. The maximum Gasteiger partial charge on any atom is 0.193 e. The molecule has 3 unspecified atom stereocenters. The Labute approximate surface area is 157 Å². The number of hydrogen-bond donors (Lipinski definition) is 1. The third-order valence-electron chi connectivity index (χ3n) is 6.52. The molecule has 2 saturated heterocycles. The summed E-state index contributed by atoms with van der Waals surface area (Å²) >= 11 is 0. The summed E-state index contributed by atoms with van der Waals surface area (Å²) in [5, 5.41) is 3.78. The molecule has 2 aliphatic heterocycles. The van der Waals surface area contributed by atoms with Crippen LogP contribution in [0.2, 0.25) is 0 Å². The van der Waals surface area contributed by atoms with Gasteiger partial charge < -0.3 is 15.0 Å². The summed E-state index contributed by atoms with van der Waals surface area (Å²) in [6.07, 6.45) is 1.59. The van der Waals surface area contributed by atoms with Crippen LogP contribution in [0.3, 0.4) is 0 Å². The molecule has 142 valence electrons. The number of guanidine groups is 1. The van der Waals surface area contributed by atoms with E-state index in [4.69, 9.17) is 4.74 Å². The predicted octanol–water partition coefficient (Wildman–Crippen LogP) is 2.19. The van der Waals surface area contributed by atoms with Crippen LogP contribution < -0.4 is 5.32 Å². The predicted molar refractivity (Wildman–Crippen MR) is 105 cm³/mol. The molecule has 5 nitrogen and oxygen atoms in total. The zero-order valence-electron chi connectivity index (χ0n) is 16.3. The highest BCUT2D eigenvalue weighted by molar-refractivity contribution is 5.80. The molecule has 0 amide bonds. The highest BCUT2D eigenvalue weighted by Crippen LogP contribution is 2.52. The van der Waals surface area contributed by atoms with Gasteiger partial charge in [-0.2, -0.15) is 0 Å². The molecule has 5 heteroatoms. The molecule has 0 radical (unpaired) electrons. The van der Waals surface area contributed by atoms with E-state index in [-0.39, 0.29) is 5.41 Å². The van der Waals surface area contributed by atoms with E-state index in [9.17, 15) is 0 Å². The van der Waals surface area contributed by atoms with Crippen molar-refractivity contribution in [3.05, 3.63) is 35.9 Å². The third kappa shape index (κ3) is 3.23. The Morgan fingerprint density at radius 3 is 2.62 bits per heavy atom. The van der Waals surface area contributed by atoms with Crippen LogP contribution in [0.25, 0.3) is 0 Å². The standard InChI is InChI=1S/C21H32N4O/c1-21(2)18(17-9-14-26-19(17)21)23-20(22-3)25-12-10-24(11-13-25)15-16-7-5-4-6-8-16/h4-8,17-19H,9-15H2,1-3H3,(H,22,23). The molecule has 1 aromatic carbocycles. The molecule has 1 aliphatic carbocycles. The number of hydrogen-bond acceptors (Lipinski definition) is 3.